The Hall–Kier alpha value is -5.49. The molecule has 0 aliphatic rings. The van der Waals surface area contributed by atoms with Gasteiger partial charge in [-0.2, -0.15) is 9.97 Å². The Kier molecular flexibility index (Phi) is 9.11. The molecule has 0 saturated heterocycles. The lowest BCUT2D eigenvalue weighted by molar-refractivity contribution is 0.669. The van der Waals surface area contributed by atoms with Gasteiger partial charge in [-0.15, -0.1) is 16.4 Å². The first kappa shape index (κ1) is 34.0. The third kappa shape index (κ3) is 5.54. The molecule has 0 aliphatic carbocycles. The third-order valence-electron chi connectivity index (χ3n) is 9.05. The molecule has 0 bridgehead atoms. The van der Waals surface area contributed by atoms with E-state index in [1.807, 2.05) is 105 Å². The van der Waals surface area contributed by atoms with Crippen LogP contribution < -0.4 is 27.3 Å². The summed E-state index contributed by atoms with van der Waals surface area (Å²) < 4.78 is 8.43. The number of furan rings is 1. The van der Waals surface area contributed by atoms with Crippen LogP contribution in [0.4, 0.5) is 0 Å². The summed E-state index contributed by atoms with van der Waals surface area (Å²) in [5, 5.41) is 4.12. The quantitative estimate of drug-likeness (QED) is 0.191. The number of nitrogens with zero attached hydrogens (tertiary/aromatic N) is 4. The van der Waals surface area contributed by atoms with Crippen LogP contribution in [0.1, 0.15) is 33.3 Å². The molecule has 0 spiro atoms. The fraction of sp³-hybridized carbons (Fsp3) is 0.0976. The van der Waals surface area contributed by atoms with Gasteiger partial charge in [0.05, 0.1) is 11.0 Å². The summed E-state index contributed by atoms with van der Waals surface area (Å²) in [6.45, 7) is 8.04. The Morgan fingerprint density at radius 1 is 0.627 bits per heavy atom. The van der Waals surface area contributed by atoms with Gasteiger partial charge in [0, 0.05) is 32.7 Å². The second-order valence-electron chi connectivity index (χ2n) is 11.8. The van der Waals surface area contributed by atoms with Gasteiger partial charge in [0.2, 0.25) is 5.95 Å². The topological polar surface area (TPSA) is 56.7 Å². The molecule has 0 N–H and O–H groups in total. The van der Waals surface area contributed by atoms with Crippen molar-refractivity contribution in [3.05, 3.63) is 109 Å². The molecule has 234 valence electrons. The van der Waals surface area contributed by atoms with Gasteiger partial charge in [-0.3, -0.25) is 4.57 Å². The number of hydrogen-bond donors (Lipinski definition) is 0. The summed E-state index contributed by atoms with van der Waals surface area (Å²) >= 11 is 0. The van der Waals surface area contributed by atoms with Crippen LogP contribution in [-0.4, -0.2) is 58.8 Å². The van der Waals surface area contributed by atoms with E-state index in [0.29, 0.717) is 22.9 Å². The van der Waals surface area contributed by atoms with E-state index in [-0.39, 0.29) is 38.7 Å². The predicted molar refractivity (Wildman–Crippen MR) is 219 cm³/mol. The van der Waals surface area contributed by atoms with Crippen LogP contribution in [0, 0.1) is 0 Å². The first-order valence-corrected chi connectivity index (χ1v) is 16.8. The number of fused-ring (bicyclic) bond motifs is 6. The van der Waals surface area contributed by atoms with Crippen LogP contribution in [-0.2, 0) is 0 Å². The average molecular weight is 648 g/mol. The molecule has 5 nitrogen and oxygen atoms in total. The number of allylic oxidation sites excluding steroid dienone is 4. The number of aromatic nitrogens is 4. The third-order valence-corrected chi connectivity index (χ3v) is 9.05. The number of hydrogen-bond acceptors (Lipinski definition) is 4. The van der Waals surface area contributed by atoms with Gasteiger partial charge in [-0.25, -0.2) is 4.98 Å². The SMILES string of the molecule is CC.[B]c1c([B])c([B])c(-c2nc(-c3ccc4c(c3)oc3cccc(C(/C=C\C)=C/C)c34)nc(-n3c4ccccc4c4ccccc43)n2)c([B])c1[B]. The van der Waals surface area contributed by atoms with Crippen molar-refractivity contribution in [1.29, 1.82) is 0 Å². The molecule has 0 amide bonds. The largest absolute Gasteiger partial charge is 0.456 e. The molecule has 10 heteroatoms. The Bertz CT molecular complexity index is 2630. The van der Waals surface area contributed by atoms with E-state index in [0.717, 1.165) is 49.3 Å². The number of para-hydroxylation sites is 2. The molecule has 10 radical (unpaired) electrons. The highest BCUT2D eigenvalue weighted by Gasteiger charge is 2.21. The van der Waals surface area contributed by atoms with E-state index in [9.17, 15) is 0 Å². The Labute approximate surface area is 304 Å². The minimum Gasteiger partial charge on any atom is -0.456 e. The first-order chi connectivity index (χ1) is 24.8. The van der Waals surface area contributed by atoms with E-state index in [4.69, 9.17) is 58.6 Å². The second-order valence-corrected chi connectivity index (χ2v) is 11.8. The van der Waals surface area contributed by atoms with Crippen LogP contribution in [0.15, 0.2) is 108 Å². The summed E-state index contributed by atoms with van der Waals surface area (Å²) in [7, 11) is 31.8. The Morgan fingerprint density at radius 3 is 1.86 bits per heavy atom. The van der Waals surface area contributed by atoms with Gasteiger partial charge >= 0.3 is 0 Å². The first-order valence-electron chi connectivity index (χ1n) is 16.8. The fourth-order valence-corrected chi connectivity index (χ4v) is 6.66. The zero-order chi connectivity index (χ0) is 36.0. The predicted octanol–water partition coefficient (Wildman–Crippen LogP) is 5.18. The van der Waals surface area contributed by atoms with E-state index in [2.05, 4.69) is 30.4 Å². The van der Waals surface area contributed by atoms with Crippen molar-refractivity contribution in [3.63, 3.8) is 0 Å². The summed E-state index contributed by atoms with van der Waals surface area (Å²) in [5.41, 5.74) is 7.10. The van der Waals surface area contributed by atoms with Crippen LogP contribution in [0.25, 0.3) is 78.0 Å². The van der Waals surface area contributed by atoms with Crippen molar-refractivity contribution in [1.82, 2.24) is 19.5 Å². The number of rotatable bonds is 5. The monoisotopic (exact) mass is 648 g/mol. The smallest absolute Gasteiger partial charge is 0.238 e. The lowest BCUT2D eigenvalue weighted by atomic mass is 9.60. The maximum atomic E-state index is 6.54. The minimum absolute atomic E-state index is 0.111. The molecule has 3 heterocycles. The van der Waals surface area contributed by atoms with E-state index >= 15 is 0 Å². The van der Waals surface area contributed by atoms with Gasteiger partial charge in [0.1, 0.15) is 50.4 Å². The van der Waals surface area contributed by atoms with Crippen LogP contribution in [0.5, 0.6) is 0 Å². The van der Waals surface area contributed by atoms with Gasteiger partial charge in [0.15, 0.2) is 11.6 Å². The number of benzene rings is 5. The van der Waals surface area contributed by atoms with E-state index in [1.165, 1.54) is 0 Å². The van der Waals surface area contributed by atoms with Crippen LogP contribution in [0.2, 0.25) is 0 Å². The molecule has 0 saturated carbocycles. The van der Waals surface area contributed by atoms with Gasteiger partial charge in [-0.05, 0) is 55.3 Å². The molecular formula is C41H29B5N4O. The van der Waals surface area contributed by atoms with Crippen LogP contribution in [0.3, 0.4) is 0 Å². The maximum Gasteiger partial charge on any atom is 0.238 e. The lowest BCUT2D eigenvalue weighted by Gasteiger charge is -2.20. The van der Waals surface area contributed by atoms with E-state index < -0.39 is 0 Å². The highest BCUT2D eigenvalue weighted by atomic mass is 16.3. The molecule has 8 aromatic rings. The fourth-order valence-electron chi connectivity index (χ4n) is 6.66. The van der Waals surface area contributed by atoms with Gasteiger partial charge < -0.3 is 4.42 Å². The van der Waals surface area contributed by atoms with Crippen LogP contribution >= 0.6 is 0 Å². The minimum atomic E-state index is 0.111. The second kappa shape index (κ2) is 13.7. The standard InChI is InChI=1S/C39H23B5N4O.C2H6/c1-3-10-20(4-2)22-13-9-16-28-30(22)25-18-17-21(19-29(25)49-28)37-45-38(31-32(40)34(42)36(44)35(43)33(31)41)47-39(46-37)48-26-14-7-5-11-23(26)24-12-6-8-15-27(24)48;1-2/h3-19H,1-2H3;1-2H3/b10-3-,20-4+;. The molecule has 3 aromatic heterocycles. The molecular weight excluding hydrogens is 619 g/mol. The average Bonchev–Trinajstić information content (AvgIpc) is 3.72. The summed E-state index contributed by atoms with van der Waals surface area (Å²) in [6, 6.07) is 28.3. The molecule has 8 rings (SSSR count). The summed E-state index contributed by atoms with van der Waals surface area (Å²) in [5.74, 6) is 0.938. The van der Waals surface area contributed by atoms with E-state index in [1.54, 1.807) is 0 Å². The zero-order valence-electron chi connectivity index (χ0n) is 28.9. The Balaban J connectivity index is 0.00000200. The maximum absolute atomic E-state index is 6.54. The van der Waals surface area contributed by atoms with Gasteiger partial charge in [0.25, 0.3) is 0 Å². The normalized spacial score (nSPS) is 12.0. The van der Waals surface area contributed by atoms with Crippen molar-refractivity contribution in [2.24, 2.45) is 0 Å². The molecule has 0 fully saturated rings. The summed E-state index contributed by atoms with van der Waals surface area (Å²) in [6.07, 6.45) is 6.22. The lowest BCUT2D eigenvalue weighted by Crippen LogP contribution is -2.55. The van der Waals surface area contributed by atoms with Gasteiger partial charge in [-0.1, -0.05) is 97.6 Å². The van der Waals surface area contributed by atoms with Crippen molar-refractivity contribution in [2.75, 3.05) is 0 Å². The molecule has 0 atom stereocenters. The Morgan fingerprint density at radius 2 is 1.24 bits per heavy atom. The molecule has 51 heavy (non-hydrogen) atoms. The highest BCUT2D eigenvalue weighted by molar-refractivity contribution is 6.68. The van der Waals surface area contributed by atoms with Crippen molar-refractivity contribution < 1.29 is 4.42 Å². The van der Waals surface area contributed by atoms with Crippen molar-refractivity contribution in [3.8, 4) is 28.7 Å². The molecule has 0 aliphatic heterocycles. The summed E-state index contributed by atoms with van der Waals surface area (Å²) in [4.78, 5) is 14.9. The van der Waals surface area contributed by atoms with Crippen molar-refractivity contribution >= 4 is 116 Å². The highest BCUT2D eigenvalue weighted by Crippen LogP contribution is 2.37. The molecule has 0 unspecified atom stereocenters. The molecule has 5 aromatic carbocycles. The van der Waals surface area contributed by atoms with Crippen molar-refractivity contribution in [2.45, 2.75) is 27.7 Å². The zero-order valence-corrected chi connectivity index (χ0v) is 28.9.